The molecule has 0 aliphatic carbocycles. The highest BCUT2D eigenvalue weighted by molar-refractivity contribution is 7.99. The second-order valence-corrected chi connectivity index (χ2v) is 10.3. The summed E-state index contributed by atoms with van der Waals surface area (Å²) in [5.41, 5.74) is 5.76. The number of ether oxygens (including phenoxy) is 1. The standard InChI is InChI=1S/C25H25N3OS2/c1-25(2)13-19-20(14-29-25)26-22-21(19)23(30-15-17-9-5-3-6-10-17)28-24(27-22)31-16-18-11-7-4-8-12-18/h3-12H,13-16H2,1-2H3,(H,26,27,28). The first-order valence-corrected chi connectivity index (χ1v) is 12.4. The van der Waals surface area contributed by atoms with Crippen molar-refractivity contribution < 1.29 is 4.74 Å². The number of aromatic nitrogens is 3. The van der Waals surface area contributed by atoms with Crippen LogP contribution in [0.25, 0.3) is 11.0 Å². The van der Waals surface area contributed by atoms with Crippen molar-refractivity contribution in [3.63, 3.8) is 0 Å². The van der Waals surface area contributed by atoms with Crippen LogP contribution >= 0.6 is 23.5 Å². The molecule has 31 heavy (non-hydrogen) atoms. The molecule has 158 valence electrons. The predicted octanol–water partition coefficient (Wildman–Crippen LogP) is 6.39. The fourth-order valence-electron chi connectivity index (χ4n) is 3.83. The molecule has 2 aromatic heterocycles. The Kier molecular flexibility index (Phi) is 5.78. The first-order valence-electron chi connectivity index (χ1n) is 10.5. The van der Waals surface area contributed by atoms with E-state index in [0.717, 1.165) is 44.8 Å². The van der Waals surface area contributed by atoms with Gasteiger partial charge < -0.3 is 9.72 Å². The molecule has 1 aliphatic heterocycles. The van der Waals surface area contributed by atoms with E-state index in [9.17, 15) is 0 Å². The highest BCUT2D eigenvalue weighted by Crippen LogP contribution is 2.38. The van der Waals surface area contributed by atoms with Gasteiger partial charge in [-0.1, -0.05) is 72.4 Å². The molecule has 0 radical (unpaired) electrons. The van der Waals surface area contributed by atoms with E-state index < -0.39 is 0 Å². The average Bonchev–Trinajstić information content (AvgIpc) is 3.14. The van der Waals surface area contributed by atoms with Gasteiger partial charge in [0.2, 0.25) is 0 Å². The molecule has 2 aromatic carbocycles. The quantitative estimate of drug-likeness (QED) is 0.211. The van der Waals surface area contributed by atoms with Crippen molar-refractivity contribution in [2.45, 2.75) is 54.2 Å². The molecule has 0 atom stereocenters. The zero-order valence-electron chi connectivity index (χ0n) is 17.7. The Hall–Kier alpha value is -2.28. The van der Waals surface area contributed by atoms with Crippen molar-refractivity contribution >= 4 is 34.6 Å². The molecule has 1 N–H and O–H groups in total. The number of H-pyrrole nitrogens is 1. The van der Waals surface area contributed by atoms with E-state index >= 15 is 0 Å². The van der Waals surface area contributed by atoms with E-state index in [0.29, 0.717) is 6.61 Å². The fraction of sp³-hybridized carbons (Fsp3) is 0.280. The summed E-state index contributed by atoms with van der Waals surface area (Å²) in [5, 5.41) is 3.03. The molecule has 0 fully saturated rings. The lowest BCUT2D eigenvalue weighted by Gasteiger charge is -2.30. The van der Waals surface area contributed by atoms with Crippen LogP contribution in [0.15, 0.2) is 70.8 Å². The lowest BCUT2D eigenvalue weighted by molar-refractivity contribution is -0.0410. The largest absolute Gasteiger partial charge is 0.369 e. The van der Waals surface area contributed by atoms with Gasteiger partial charge in [-0.05, 0) is 30.5 Å². The van der Waals surface area contributed by atoms with Gasteiger partial charge >= 0.3 is 0 Å². The molecule has 3 heterocycles. The fourth-order valence-corrected chi connectivity index (χ4v) is 5.70. The summed E-state index contributed by atoms with van der Waals surface area (Å²) in [5.74, 6) is 1.74. The summed E-state index contributed by atoms with van der Waals surface area (Å²) in [7, 11) is 0. The minimum atomic E-state index is -0.176. The van der Waals surface area contributed by atoms with Crippen LogP contribution in [0.2, 0.25) is 0 Å². The van der Waals surface area contributed by atoms with Crippen molar-refractivity contribution in [1.82, 2.24) is 15.0 Å². The lowest BCUT2D eigenvalue weighted by Crippen LogP contribution is -2.31. The molecular formula is C25H25N3OS2. The summed E-state index contributed by atoms with van der Waals surface area (Å²) in [6.07, 6.45) is 0.862. The zero-order chi connectivity index (χ0) is 21.3. The summed E-state index contributed by atoms with van der Waals surface area (Å²) < 4.78 is 6.03. The van der Waals surface area contributed by atoms with Crippen LogP contribution in [-0.2, 0) is 29.3 Å². The van der Waals surface area contributed by atoms with Crippen molar-refractivity contribution in [2.24, 2.45) is 0 Å². The molecule has 0 amide bonds. The van der Waals surface area contributed by atoms with E-state index in [-0.39, 0.29) is 5.60 Å². The third kappa shape index (κ3) is 4.66. The second kappa shape index (κ2) is 8.69. The maximum absolute atomic E-state index is 6.03. The zero-order valence-corrected chi connectivity index (χ0v) is 19.4. The molecule has 0 saturated heterocycles. The molecule has 0 unspecified atom stereocenters. The molecule has 0 spiro atoms. The first-order chi connectivity index (χ1) is 15.1. The number of rotatable bonds is 6. The third-order valence-corrected chi connectivity index (χ3v) is 7.39. The summed E-state index contributed by atoms with van der Waals surface area (Å²) in [6, 6.07) is 21.0. The van der Waals surface area contributed by atoms with Crippen molar-refractivity contribution in [3.05, 3.63) is 83.0 Å². The minimum Gasteiger partial charge on any atom is -0.369 e. The SMILES string of the molecule is CC1(C)Cc2c([nH]c3nc(SCc4ccccc4)nc(SCc4ccccc4)c23)CO1. The van der Waals surface area contributed by atoms with Gasteiger partial charge in [-0.25, -0.2) is 9.97 Å². The van der Waals surface area contributed by atoms with Gasteiger partial charge in [0.05, 0.1) is 17.6 Å². The monoisotopic (exact) mass is 447 g/mol. The van der Waals surface area contributed by atoms with Crippen LogP contribution in [0.1, 0.15) is 36.2 Å². The van der Waals surface area contributed by atoms with Gasteiger partial charge in [0.15, 0.2) is 5.16 Å². The van der Waals surface area contributed by atoms with Gasteiger partial charge in [0.25, 0.3) is 0 Å². The Balaban J connectivity index is 1.50. The molecule has 0 saturated carbocycles. The van der Waals surface area contributed by atoms with E-state index in [1.807, 2.05) is 6.07 Å². The Morgan fingerprint density at radius 3 is 2.23 bits per heavy atom. The Morgan fingerprint density at radius 2 is 1.55 bits per heavy atom. The summed E-state index contributed by atoms with van der Waals surface area (Å²) >= 11 is 3.47. The average molecular weight is 448 g/mol. The highest BCUT2D eigenvalue weighted by atomic mass is 32.2. The highest BCUT2D eigenvalue weighted by Gasteiger charge is 2.30. The Labute approximate surface area is 191 Å². The van der Waals surface area contributed by atoms with E-state index in [1.54, 1.807) is 23.5 Å². The Morgan fingerprint density at radius 1 is 0.903 bits per heavy atom. The van der Waals surface area contributed by atoms with Gasteiger partial charge in [-0.15, -0.1) is 11.8 Å². The molecule has 0 bridgehead atoms. The van der Waals surface area contributed by atoms with Gasteiger partial charge in [-0.3, -0.25) is 0 Å². The molecule has 6 heteroatoms. The number of hydrogen-bond acceptors (Lipinski definition) is 5. The van der Waals surface area contributed by atoms with E-state index in [4.69, 9.17) is 14.7 Å². The topological polar surface area (TPSA) is 50.8 Å². The number of aromatic amines is 1. The van der Waals surface area contributed by atoms with Crippen LogP contribution < -0.4 is 0 Å². The van der Waals surface area contributed by atoms with Crippen LogP contribution in [0.5, 0.6) is 0 Å². The van der Waals surface area contributed by atoms with Crippen molar-refractivity contribution in [2.75, 3.05) is 0 Å². The Bertz CT molecular complexity index is 1190. The maximum Gasteiger partial charge on any atom is 0.190 e. The van der Waals surface area contributed by atoms with Gasteiger partial charge in [-0.2, -0.15) is 0 Å². The van der Waals surface area contributed by atoms with Gasteiger partial charge in [0.1, 0.15) is 10.7 Å². The van der Waals surface area contributed by atoms with Gasteiger partial charge in [0, 0.05) is 23.6 Å². The number of nitrogens with zero attached hydrogens (tertiary/aromatic N) is 2. The second-order valence-electron chi connectivity index (χ2n) is 8.39. The number of nitrogens with one attached hydrogen (secondary N) is 1. The van der Waals surface area contributed by atoms with Crippen LogP contribution in [0.3, 0.4) is 0 Å². The normalized spacial score (nSPS) is 15.2. The smallest absolute Gasteiger partial charge is 0.190 e. The molecule has 4 nitrogen and oxygen atoms in total. The van der Waals surface area contributed by atoms with Crippen molar-refractivity contribution in [3.8, 4) is 0 Å². The summed E-state index contributed by atoms with van der Waals surface area (Å²) in [4.78, 5) is 13.4. The number of fused-ring (bicyclic) bond motifs is 3. The van der Waals surface area contributed by atoms with Crippen LogP contribution in [0.4, 0.5) is 0 Å². The van der Waals surface area contributed by atoms with Crippen molar-refractivity contribution in [1.29, 1.82) is 0 Å². The predicted molar refractivity (Wildman–Crippen MR) is 128 cm³/mol. The maximum atomic E-state index is 6.03. The van der Waals surface area contributed by atoms with E-state index in [2.05, 4.69) is 73.4 Å². The molecule has 1 aliphatic rings. The first kappa shape index (κ1) is 20.6. The number of benzene rings is 2. The summed E-state index contributed by atoms with van der Waals surface area (Å²) in [6.45, 7) is 4.89. The van der Waals surface area contributed by atoms with Crippen LogP contribution in [-0.4, -0.2) is 20.6 Å². The number of thioether (sulfide) groups is 2. The van der Waals surface area contributed by atoms with Crippen LogP contribution in [0, 0.1) is 0 Å². The van der Waals surface area contributed by atoms with E-state index in [1.165, 1.54) is 16.7 Å². The minimum absolute atomic E-state index is 0.176. The number of hydrogen-bond donors (Lipinski definition) is 1. The molecular weight excluding hydrogens is 422 g/mol. The lowest BCUT2D eigenvalue weighted by atomic mass is 9.94. The molecule has 4 aromatic rings. The molecule has 5 rings (SSSR count). The third-order valence-electron chi connectivity index (χ3n) is 5.43.